The zero-order valence-electron chi connectivity index (χ0n) is 15.3. The predicted octanol–water partition coefficient (Wildman–Crippen LogP) is 3.62. The van der Waals surface area contributed by atoms with E-state index in [9.17, 15) is 4.79 Å². The van der Waals surface area contributed by atoms with Crippen molar-refractivity contribution in [1.82, 2.24) is 19.7 Å². The van der Waals surface area contributed by atoms with Crippen LogP contribution in [-0.4, -0.2) is 31.9 Å². The Morgan fingerprint density at radius 1 is 1.12 bits per heavy atom. The molecule has 0 fully saturated rings. The number of benzene rings is 1. The maximum atomic E-state index is 12.5. The van der Waals surface area contributed by atoms with Crippen LogP contribution in [-0.2, 0) is 6.54 Å². The summed E-state index contributed by atoms with van der Waals surface area (Å²) in [5.74, 6) is -0.242. The van der Waals surface area contributed by atoms with Crippen molar-refractivity contribution in [3.05, 3.63) is 64.7 Å². The van der Waals surface area contributed by atoms with Crippen LogP contribution in [0, 0.1) is 20.8 Å². The van der Waals surface area contributed by atoms with Crippen molar-refractivity contribution >= 4 is 23.4 Å². The van der Waals surface area contributed by atoms with Gasteiger partial charge in [0.1, 0.15) is 5.69 Å². The van der Waals surface area contributed by atoms with Crippen molar-refractivity contribution in [3.63, 3.8) is 0 Å². The molecule has 0 unspecified atom stereocenters. The molecule has 1 amide bonds. The normalized spacial score (nSPS) is 10.8. The average molecular weight is 367 g/mol. The molecule has 3 rings (SSSR count). The zero-order valence-corrected chi connectivity index (χ0v) is 16.1. The lowest BCUT2D eigenvalue weighted by atomic mass is 10.2. The first-order valence-corrected chi connectivity index (χ1v) is 9.48. The first-order chi connectivity index (χ1) is 12.4. The van der Waals surface area contributed by atoms with E-state index in [1.165, 1.54) is 11.8 Å². The third-order valence-corrected chi connectivity index (χ3v) is 4.42. The summed E-state index contributed by atoms with van der Waals surface area (Å²) in [4.78, 5) is 21.1. The second-order valence-electron chi connectivity index (χ2n) is 6.12. The first-order valence-electron chi connectivity index (χ1n) is 8.25. The fourth-order valence-electron chi connectivity index (χ4n) is 2.70. The van der Waals surface area contributed by atoms with Crippen LogP contribution in [0.1, 0.15) is 33.1 Å². The van der Waals surface area contributed by atoms with Crippen LogP contribution in [0.15, 0.2) is 41.6 Å². The maximum absolute atomic E-state index is 12.5. The number of rotatable bonds is 5. The number of anilines is 1. The molecule has 7 heteroatoms. The molecule has 0 aliphatic carbocycles. The fraction of sp³-hybridized carbons (Fsp3) is 0.263. The number of aryl methyl sites for hydroxylation is 3. The molecule has 0 spiro atoms. The van der Waals surface area contributed by atoms with E-state index in [2.05, 4.69) is 20.4 Å². The van der Waals surface area contributed by atoms with Crippen molar-refractivity contribution in [2.75, 3.05) is 11.6 Å². The van der Waals surface area contributed by atoms with Crippen LogP contribution < -0.4 is 5.32 Å². The zero-order chi connectivity index (χ0) is 18.7. The van der Waals surface area contributed by atoms with Crippen molar-refractivity contribution in [1.29, 1.82) is 0 Å². The number of nitrogens with one attached hydrogen (secondary N) is 1. The van der Waals surface area contributed by atoms with Gasteiger partial charge in [-0.15, -0.1) is 0 Å². The van der Waals surface area contributed by atoms with Crippen molar-refractivity contribution < 1.29 is 4.79 Å². The fourth-order valence-corrected chi connectivity index (χ4v) is 3.12. The third-order valence-electron chi connectivity index (χ3n) is 3.87. The van der Waals surface area contributed by atoms with Crippen molar-refractivity contribution in [2.45, 2.75) is 32.5 Å². The third kappa shape index (κ3) is 4.29. The summed E-state index contributed by atoms with van der Waals surface area (Å²) < 4.78 is 1.95. The molecule has 0 saturated heterocycles. The second-order valence-corrected chi connectivity index (χ2v) is 6.89. The van der Waals surface area contributed by atoms with E-state index in [0.717, 1.165) is 28.3 Å². The lowest BCUT2D eigenvalue weighted by Crippen LogP contribution is -2.15. The minimum atomic E-state index is -0.242. The maximum Gasteiger partial charge on any atom is 0.274 e. The summed E-state index contributed by atoms with van der Waals surface area (Å²) in [7, 11) is 0. The predicted molar refractivity (Wildman–Crippen MR) is 104 cm³/mol. The van der Waals surface area contributed by atoms with Gasteiger partial charge in [-0.1, -0.05) is 23.9 Å². The first kappa shape index (κ1) is 18.1. The quantitative estimate of drug-likeness (QED) is 0.551. The van der Waals surface area contributed by atoms with E-state index in [4.69, 9.17) is 0 Å². The highest BCUT2D eigenvalue weighted by Gasteiger charge is 2.11. The Balaban J connectivity index is 1.77. The van der Waals surface area contributed by atoms with Gasteiger partial charge in [-0.25, -0.2) is 9.97 Å². The minimum absolute atomic E-state index is 0.242. The van der Waals surface area contributed by atoms with E-state index in [-0.39, 0.29) is 5.91 Å². The second kappa shape index (κ2) is 7.70. The van der Waals surface area contributed by atoms with Gasteiger partial charge < -0.3 is 5.32 Å². The SMILES string of the molecule is CSc1nc(C)cc(C(=O)Nc2cccc(Cn3nc(C)cc3C)c2)n1. The van der Waals surface area contributed by atoms with E-state index < -0.39 is 0 Å². The minimum Gasteiger partial charge on any atom is -0.321 e. The molecule has 6 nitrogen and oxygen atoms in total. The van der Waals surface area contributed by atoms with Gasteiger partial charge in [0.15, 0.2) is 5.16 Å². The van der Waals surface area contributed by atoms with Crippen molar-refractivity contribution in [3.8, 4) is 0 Å². The van der Waals surface area contributed by atoms with Crippen LogP contribution in [0.4, 0.5) is 5.69 Å². The molecule has 0 bridgehead atoms. The average Bonchev–Trinajstić information content (AvgIpc) is 2.91. The summed E-state index contributed by atoms with van der Waals surface area (Å²) in [5.41, 5.74) is 5.04. The molecule has 0 saturated carbocycles. The van der Waals surface area contributed by atoms with E-state index in [1.807, 2.05) is 62.0 Å². The molecule has 26 heavy (non-hydrogen) atoms. The van der Waals surface area contributed by atoms with Gasteiger partial charge in [-0.2, -0.15) is 5.10 Å². The van der Waals surface area contributed by atoms with Gasteiger partial charge in [0, 0.05) is 17.1 Å². The van der Waals surface area contributed by atoms with Gasteiger partial charge in [0.25, 0.3) is 5.91 Å². The van der Waals surface area contributed by atoms with Crippen LogP contribution in [0.25, 0.3) is 0 Å². The van der Waals surface area contributed by atoms with Crippen LogP contribution in [0.3, 0.4) is 0 Å². The van der Waals surface area contributed by atoms with E-state index >= 15 is 0 Å². The number of carbonyl (C=O) groups excluding carboxylic acids is 1. The van der Waals surface area contributed by atoms with Crippen molar-refractivity contribution in [2.24, 2.45) is 0 Å². The standard InChI is InChI=1S/C19H21N5OS/c1-12-9-17(22-19(20-12)26-4)18(25)21-16-7-5-6-15(10-16)11-24-14(3)8-13(2)23-24/h5-10H,11H2,1-4H3,(H,21,25). The summed E-state index contributed by atoms with van der Waals surface area (Å²) in [6, 6.07) is 11.5. The highest BCUT2D eigenvalue weighted by atomic mass is 32.2. The highest BCUT2D eigenvalue weighted by molar-refractivity contribution is 7.98. The molecule has 1 aromatic carbocycles. The largest absolute Gasteiger partial charge is 0.321 e. The molecule has 2 aromatic heterocycles. The van der Waals surface area contributed by atoms with Gasteiger partial charge >= 0.3 is 0 Å². The van der Waals surface area contributed by atoms with E-state index in [1.54, 1.807) is 6.07 Å². The number of aromatic nitrogens is 4. The van der Waals surface area contributed by atoms with Crippen LogP contribution >= 0.6 is 11.8 Å². The molecule has 0 atom stereocenters. The summed E-state index contributed by atoms with van der Waals surface area (Å²) in [5, 5.41) is 7.99. The summed E-state index contributed by atoms with van der Waals surface area (Å²) in [6.45, 7) is 6.53. The number of nitrogens with zero attached hydrogens (tertiary/aromatic N) is 4. The molecule has 2 heterocycles. The molecule has 3 aromatic rings. The van der Waals surface area contributed by atoms with Gasteiger partial charge in [-0.05, 0) is 56.9 Å². The lowest BCUT2D eigenvalue weighted by molar-refractivity contribution is 0.102. The number of hydrogen-bond donors (Lipinski definition) is 1. The molecule has 0 aliphatic rings. The smallest absolute Gasteiger partial charge is 0.274 e. The topological polar surface area (TPSA) is 72.7 Å². The highest BCUT2D eigenvalue weighted by Crippen LogP contribution is 2.16. The van der Waals surface area contributed by atoms with E-state index in [0.29, 0.717) is 17.4 Å². The van der Waals surface area contributed by atoms with Crippen LogP contribution in [0.2, 0.25) is 0 Å². The monoisotopic (exact) mass is 367 g/mol. The van der Waals surface area contributed by atoms with Gasteiger partial charge in [0.05, 0.1) is 12.2 Å². The van der Waals surface area contributed by atoms with Gasteiger partial charge in [-0.3, -0.25) is 9.48 Å². The Bertz CT molecular complexity index is 951. The Morgan fingerprint density at radius 2 is 1.92 bits per heavy atom. The molecule has 0 aliphatic heterocycles. The van der Waals surface area contributed by atoms with Crippen LogP contribution in [0.5, 0.6) is 0 Å². The Labute approximate surface area is 157 Å². The summed E-state index contributed by atoms with van der Waals surface area (Å²) in [6.07, 6.45) is 1.89. The summed E-state index contributed by atoms with van der Waals surface area (Å²) >= 11 is 1.42. The molecule has 134 valence electrons. The number of amides is 1. The molecule has 1 N–H and O–H groups in total. The Morgan fingerprint density at radius 3 is 2.62 bits per heavy atom. The number of thioether (sulfide) groups is 1. The molecule has 0 radical (unpaired) electrons. The number of carbonyl (C=O) groups is 1. The number of hydrogen-bond acceptors (Lipinski definition) is 5. The molecular formula is C19H21N5OS. The Hall–Kier alpha value is -2.67. The molecular weight excluding hydrogens is 346 g/mol. The Kier molecular flexibility index (Phi) is 5.37. The lowest BCUT2D eigenvalue weighted by Gasteiger charge is -2.09. The van der Waals surface area contributed by atoms with Gasteiger partial charge in [0.2, 0.25) is 0 Å².